The average Bonchev–Trinajstić information content (AvgIpc) is 2.92. The highest BCUT2D eigenvalue weighted by Crippen LogP contribution is 2.09. The van der Waals surface area contributed by atoms with Crippen LogP contribution in [0.15, 0.2) is 63.0 Å². The summed E-state index contributed by atoms with van der Waals surface area (Å²) in [6, 6.07) is 14.5. The van der Waals surface area contributed by atoms with Crippen LogP contribution < -0.4 is 11.5 Å². The van der Waals surface area contributed by atoms with E-state index in [0.717, 1.165) is 5.56 Å². The number of nitrogens with two attached hydrogens (primary N) is 1. The van der Waals surface area contributed by atoms with Gasteiger partial charge in [-0.05, 0) is 12.1 Å². The number of hydrogen-bond acceptors (Lipinski definition) is 7. The maximum absolute atomic E-state index is 11.5. The van der Waals surface area contributed by atoms with Crippen molar-refractivity contribution in [3.63, 3.8) is 0 Å². The topological polar surface area (TPSA) is 109 Å². The van der Waals surface area contributed by atoms with Gasteiger partial charge in [-0.15, -0.1) is 0 Å². The summed E-state index contributed by atoms with van der Waals surface area (Å²) >= 11 is 0. The lowest BCUT2D eigenvalue weighted by molar-refractivity contribution is 0.128. The molecule has 0 radical (unpaired) electrons. The Morgan fingerprint density at radius 2 is 2.04 bits per heavy atom. The van der Waals surface area contributed by atoms with E-state index in [9.17, 15) is 4.79 Å². The van der Waals surface area contributed by atoms with Crippen molar-refractivity contribution < 1.29 is 9.36 Å². The fraction of sp³-hybridized carbons (Fsp3) is 0.125. The van der Waals surface area contributed by atoms with Crippen LogP contribution in [-0.4, -0.2) is 20.4 Å². The van der Waals surface area contributed by atoms with Gasteiger partial charge in [-0.1, -0.05) is 46.7 Å². The summed E-state index contributed by atoms with van der Waals surface area (Å²) in [5.74, 6) is 0.0973. The number of hydrogen-bond donors (Lipinski definition) is 1. The second-order valence-corrected chi connectivity index (χ2v) is 4.96. The zero-order chi connectivity index (χ0) is 16.9. The predicted octanol–water partition coefficient (Wildman–Crippen LogP) is 1.32. The van der Waals surface area contributed by atoms with Crippen LogP contribution in [0.4, 0.5) is 5.82 Å². The molecule has 2 aromatic heterocycles. The van der Waals surface area contributed by atoms with Crippen molar-refractivity contribution in [1.29, 1.82) is 0 Å². The fourth-order valence-electron chi connectivity index (χ4n) is 2.05. The standard InChI is InChI=1S/C16H15N5O3/c1-21-15(20-24-16(21)22)14(11-6-3-2-4-7-11)19-23-10-12-8-5-9-13(17)18-12/h2-9H,10H2,1H3,(H2,17,18). The SMILES string of the molecule is Cn1c(C(=NOCc2cccc(N)n2)c2ccccc2)noc1=O. The van der Waals surface area contributed by atoms with E-state index in [1.165, 1.54) is 4.57 Å². The van der Waals surface area contributed by atoms with Crippen LogP contribution >= 0.6 is 0 Å². The van der Waals surface area contributed by atoms with Crippen molar-refractivity contribution in [2.24, 2.45) is 12.2 Å². The first-order chi connectivity index (χ1) is 11.6. The molecule has 0 bridgehead atoms. The van der Waals surface area contributed by atoms with Gasteiger partial charge in [-0.3, -0.25) is 9.09 Å². The molecule has 0 aliphatic heterocycles. The monoisotopic (exact) mass is 325 g/mol. The largest absolute Gasteiger partial charge is 0.441 e. The van der Waals surface area contributed by atoms with Gasteiger partial charge in [0.2, 0.25) is 5.82 Å². The maximum atomic E-state index is 11.5. The van der Waals surface area contributed by atoms with Crippen molar-refractivity contribution >= 4 is 11.5 Å². The van der Waals surface area contributed by atoms with Gasteiger partial charge in [0.25, 0.3) is 0 Å². The number of aromatic nitrogens is 3. The van der Waals surface area contributed by atoms with Crippen molar-refractivity contribution in [2.45, 2.75) is 6.61 Å². The van der Waals surface area contributed by atoms with Crippen LogP contribution in [0.1, 0.15) is 17.1 Å². The van der Waals surface area contributed by atoms with E-state index >= 15 is 0 Å². The molecule has 8 heteroatoms. The molecule has 1 aromatic carbocycles. The summed E-state index contributed by atoms with van der Waals surface area (Å²) in [6.07, 6.45) is 0. The van der Waals surface area contributed by atoms with Crippen LogP contribution in [0.25, 0.3) is 0 Å². The third-order valence-corrected chi connectivity index (χ3v) is 3.26. The molecule has 8 nitrogen and oxygen atoms in total. The van der Waals surface area contributed by atoms with Crippen molar-refractivity contribution in [2.75, 3.05) is 5.73 Å². The minimum Gasteiger partial charge on any atom is -0.389 e. The first-order valence-corrected chi connectivity index (χ1v) is 7.15. The number of nitrogen functional groups attached to an aromatic ring is 1. The molecular weight excluding hydrogens is 310 g/mol. The molecule has 0 unspecified atom stereocenters. The maximum Gasteiger partial charge on any atom is 0.441 e. The summed E-state index contributed by atoms with van der Waals surface area (Å²) < 4.78 is 5.93. The molecule has 3 aromatic rings. The van der Waals surface area contributed by atoms with Gasteiger partial charge in [0.1, 0.15) is 5.82 Å². The van der Waals surface area contributed by atoms with Crippen molar-refractivity contribution in [1.82, 2.24) is 14.7 Å². The van der Waals surface area contributed by atoms with E-state index in [1.54, 1.807) is 25.2 Å². The van der Waals surface area contributed by atoms with E-state index in [-0.39, 0.29) is 12.4 Å². The van der Waals surface area contributed by atoms with E-state index in [4.69, 9.17) is 10.6 Å². The fourth-order valence-corrected chi connectivity index (χ4v) is 2.05. The minimum absolute atomic E-state index is 0.132. The van der Waals surface area contributed by atoms with Crippen LogP contribution in [0, 0.1) is 0 Å². The highest BCUT2D eigenvalue weighted by Gasteiger charge is 2.17. The van der Waals surface area contributed by atoms with E-state index in [2.05, 4.69) is 19.8 Å². The van der Waals surface area contributed by atoms with Crippen LogP contribution in [0.5, 0.6) is 0 Å². The summed E-state index contributed by atoms with van der Waals surface area (Å²) in [7, 11) is 1.55. The molecule has 0 saturated carbocycles. The van der Waals surface area contributed by atoms with E-state index in [1.807, 2.05) is 30.3 Å². The van der Waals surface area contributed by atoms with Gasteiger partial charge in [0.05, 0.1) is 5.69 Å². The van der Waals surface area contributed by atoms with Gasteiger partial charge in [0.15, 0.2) is 12.3 Å². The summed E-state index contributed by atoms with van der Waals surface area (Å²) in [5, 5.41) is 7.88. The smallest absolute Gasteiger partial charge is 0.389 e. The Balaban J connectivity index is 1.90. The Morgan fingerprint density at radius 3 is 2.71 bits per heavy atom. The Bertz CT molecular complexity index is 915. The molecule has 0 amide bonds. The highest BCUT2D eigenvalue weighted by atomic mass is 16.6. The van der Waals surface area contributed by atoms with Gasteiger partial charge in [-0.2, -0.15) is 0 Å². The second kappa shape index (κ2) is 6.78. The molecule has 2 heterocycles. The first kappa shape index (κ1) is 15.5. The van der Waals surface area contributed by atoms with Gasteiger partial charge in [0, 0.05) is 12.6 Å². The zero-order valence-electron chi connectivity index (χ0n) is 12.9. The Kier molecular flexibility index (Phi) is 4.37. The first-order valence-electron chi connectivity index (χ1n) is 7.15. The normalized spacial score (nSPS) is 11.5. The molecule has 0 atom stereocenters. The van der Waals surface area contributed by atoms with Gasteiger partial charge >= 0.3 is 5.76 Å². The van der Waals surface area contributed by atoms with Gasteiger partial charge in [-0.25, -0.2) is 9.78 Å². The molecule has 0 fully saturated rings. The number of rotatable bonds is 5. The molecule has 0 aliphatic rings. The molecule has 3 rings (SSSR count). The molecule has 24 heavy (non-hydrogen) atoms. The summed E-state index contributed by atoms with van der Waals surface area (Å²) in [4.78, 5) is 21.0. The molecule has 122 valence electrons. The lowest BCUT2D eigenvalue weighted by atomic mass is 10.1. The quantitative estimate of drug-likeness (QED) is 0.560. The number of nitrogens with zero attached hydrogens (tertiary/aromatic N) is 4. The Labute approximate surface area is 137 Å². The molecular formula is C16H15N5O3. The van der Waals surface area contributed by atoms with Crippen molar-refractivity contribution in [3.8, 4) is 0 Å². The Morgan fingerprint density at radius 1 is 1.25 bits per heavy atom. The third-order valence-electron chi connectivity index (χ3n) is 3.26. The minimum atomic E-state index is -0.578. The lowest BCUT2D eigenvalue weighted by Gasteiger charge is -2.05. The highest BCUT2D eigenvalue weighted by molar-refractivity contribution is 6.10. The molecule has 2 N–H and O–H groups in total. The van der Waals surface area contributed by atoms with Crippen molar-refractivity contribution in [3.05, 3.63) is 76.2 Å². The number of pyridine rings is 1. The number of benzene rings is 1. The van der Waals surface area contributed by atoms with E-state index < -0.39 is 5.76 Å². The van der Waals surface area contributed by atoms with Gasteiger partial charge < -0.3 is 10.6 Å². The third kappa shape index (κ3) is 3.32. The molecule has 0 spiro atoms. The van der Waals surface area contributed by atoms with Crippen LogP contribution in [0.3, 0.4) is 0 Å². The zero-order valence-corrected chi connectivity index (χ0v) is 12.9. The van der Waals surface area contributed by atoms with E-state index in [0.29, 0.717) is 17.2 Å². The molecule has 0 aliphatic carbocycles. The summed E-state index contributed by atoms with van der Waals surface area (Å²) in [6.45, 7) is 0.132. The van der Waals surface area contributed by atoms with Crippen LogP contribution in [-0.2, 0) is 18.5 Å². The summed E-state index contributed by atoms with van der Waals surface area (Å²) in [5.41, 5.74) is 7.39. The second-order valence-electron chi connectivity index (χ2n) is 4.96. The molecule has 0 saturated heterocycles. The number of anilines is 1. The Hall–Kier alpha value is -3.42. The average molecular weight is 325 g/mol. The lowest BCUT2D eigenvalue weighted by Crippen LogP contribution is -2.17. The number of oxime groups is 1. The predicted molar refractivity (Wildman–Crippen MR) is 87.3 cm³/mol. The van der Waals surface area contributed by atoms with Crippen LogP contribution in [0.2, 0.25) is 0 Å².